The fraction of sp³-hybridized carbons (Fsp3) is 0.643. The van der Waals surface area contributed by atoms with Crippen LogP contribution >= 0.6 is 0 Å². The van der Waals surface area contributed by atoms with Gasteiger partial charge in [-0.2, -0.15) is 0 Å². The van der Waals surface area contributed by atoms with Crippen LogP contribution in [0.5, 0.6) is 0 Å². The van der Waals surface area contributed by atoms with Gasteiger partial charge in [-0.05, 0) is 33.1 Å². The molecule has 1 aromatic heterocycles. The van der Waals surface area contributed by atoms with Gasteiger partial charge in [0.2, 0.25) is 0 Å². The summed E-state index contributed by atoms with van der Waals surface area (Å²) in [5, 5.41) is 13.1. The van der Waals surface area contributed by atoms with Gasteiger partial charge >= 0.3 is 5.97 Å². The smallest absolute Gasteiger partial charge is 0.329 e. The van der Waals surface area contributed by atoms with Crippen molar-refractivity contribution in [2.75, 3.05) is 7.05 Å². The second-order valence-electron chi connectivity index (χ2n) is 5.72. The molecule has 1 aromatic rings. The highest BCUT2D eigenvalue weighted by atomic mass is 16.5. The maximum Gasteiger partial charge on any atom is 0.329 e. The van der Waals surface area contributed by atoms with E-state index in [1.54, 1.807) is 0 Å². The summed E-state index contributed by atoms with van der Waals surface area (Å²) in [4.78, 5) is 24.9. The summed E-state index contributed by atoms with van der Waals surface area (Å²) in [6.07, 6.45) is 4.70. The lowest BCUT2D eigenvalue weighted by molar-refractivity contribution is -0.147. The number of carbonyl (C=O) groups is 2. The Labute approximate surface area is 117 Å². The number of rotatable bonds is 3. The molecule has 1 aliphatic rings. The summed E-state index contributed by atoms with van der Waals surface area (Å²) in [5.41, 5.74) is -0.174. The number of hydrogen-bond donors (Lipinski definition) is 1. The molecule has 6 heteroatoms. The van der Waals surface area contributed by atoms with E-state index in [-0.39, 0.29) is 5.69 Å². The number of aliphatic carboxylic acids is 1. The topological polar surface area (TPSA) is 83.6 Å². The van der Waals surface area contributed by atoms with Crippen LogP contribution in [-0.2, 0) is 17.6 Å². The van der Waals surface area contributed by atoms with Gasteiger partial charge in [0.1, 0.15) is 11.3 Å². The number of amides is 1. The molecule has 1 aliphatic carbocycles. The zero-order chi connectivity index (χ0) is 14.9. The lowest BCUT2D eigenvalue weighted by atomic mass is 10.0. The highest BCUT2D eigenvalue weighted by Crippen LogP contribution is 2.26. The minimum atomic E-state index is -1.28. The van der Waals surface area contributed by atoms with Gasteiger partial charge in [0, 0.05) is 19.0 Å². The number of fused-ring (bicyclic) bond motifs is 1. The van der Waals surface area contributed by atoms with Gasteiger partial charge < -0.3 is 14.5 Å². The van der Waals surface area contributed by atoms with E-state index in [1.807, 2.05) is 0 Å². The first kappa shape index (κ1) is 14.6. The van der Waals surface area contributed by atoms with Crippen molar-refractivity contribution in [1.29, 1.82) is 0 Å². The van der Waals surface area contributed by atoms with Gasteiger partial charge in [0.15, 0.2) is 5.69 Å². The number of aromatic nitrogens is 1. The quantitative estimate of drug-likeness (QED) is 0.855. The molecule has 20 heavy (non-hydrogen) atoms. The average molecular weight is 280 g/mol. The molecule has 1 heterocycles. The third-order valence-electron chi connectivity index (χ3n) is 4.07. The van der Waals surface area contributed by atoms with Crippen molar-refractivity contribution >= 4 is 11.9 Å². The summed E-state index contributed by atoms with van der Waals surface area (Å²) in [7, 11) is 1.48. The Kier molecular flexibility index (Phi) is 3.83. The molecule has 6 nitrogen and oxygen atoms in total. The second kappa shape index (κ2) is 5.26. The summed E-state index contributed by atoms with van der Waals surface area (Å²) in [6, 6.07) is 0. The van der Waals surface area contributed by atoms with Crippen molar-refractivity contribution in [3.05, 3.63) is 17.0 Å². The van der Waals surface area contributed by atoms with Crippen molar-refractivity contribution in [3.8, 4) is 0 Å². The van der Waals surface area contributed by atoms with E-state index >= 15 is 0 Å². The Morgan fingerprint density at radius 2 is 1.90 bits per heavy atom. The zero-order valence-electron chi connectivity index (χ0n) is 12.1. The van der Waals surface area contributed by atoms with E-state index in [1.165, 1.54) is 25.8 Å². The van der Waals surface area contributed by atoms with Crippen LogP contribution in [0.2, 0.25) is 0 Å². The molecule has 2 rings (SSSR count). The van der Waals surface area contributed by atoms with Gasteiger partial charge in [-0.3, -0.25) is 4.79 Å². The monoisotopic (exact) mass is 280 g/mol. The fourth-order valence-electron chi connectivity index (χ4n) is 2.29. The number of likely N-dealkylation sites (N-methyl/N-ethyl adjacent to an activating group) is 1. The molecule has 0 aromatic carbocycles. The average Bonchev–Trinajstić information content (AvgIpc) is 2.65. The number of carbonyl (C=O) groups excluding carboxylic acids is 1. The molecule has 0 aliphatic heterocycles. The third-order valence-corrected chi connectivity index (χ3v) is 4.07. The first-order valence-corrected chi connectivity index (χ1v) is 6.84. The van der Waals surface area contributed by atoms with Crippen LogP contribution in [0.25, 0.3) is 0 Å². The van der Waals surface area contributed by atoms with E-state index in [4.69, 9.17) is 4.52 Å². The van der Waals surface area contributed by atoms with Crippen LogP contribution in [0.1, 0.15) is 54.9 Å². The minimum Gasteiger partial charge on any atom is -0.480 e. The summed E-state index contributed by atoms with van der Waals surface area (Å²) in [5.74, 6) is -0.681. The maximum atomic E-state index is 12.5. The summed E-state index contributed by atoms with van der Waals surface area (Å²) in [6.45, 7) is 2.98. The SMILES string of the molecule is CN(C(=O)c1noc2c1CCCCC2)C(C)(C)C(=O)O. The molecule has 0 radical (unpaired) electrons. The predicted molar refractivity (Wildman–Crippen MR) is 71.6 cm³/mol. The van der Waals surface area contributed by atoms with Crippen LogP contribution < -0.4 is 0 Å². The molecule has 0 spiro atoms. The van der Waals surface area contributed by atoms with Crippen LogP contribution in [0.3, 0.4) is 0 Å². The van der Waals surface area contributed by atoms with Crippen LogP contribution in [0, 0.1) is 0 Å². The molecule has 110 valence electrons. The summed E-state index contributed by atoms with van der Waals surface area (Å²) < 4.78 is 5.27. The van der Waals surface area contributed by atoms with E-state index in [0.717, 1.165) is 43.4 Å². The van der Waals surface area contributed by atoms with E-state index in [9.17, 15) is 14.7 Å². The second-order valence-corrected chi connectivity index (χ2v) is 5.72. The predicted octanol–water partition coefficient (Wildman–Crippen LogP) is 1.88. The van der Waals surface area contributed by atoms with E-state index in [0.29, 0.717) is 0 Å². The molecule has 1 amide bonds. The van der Waals surface area contributed by atoms with Crippen LogP contribution in [0.15, 0.2) is 4.52 Å². The minimum absolute atomic E-state index is 0.263. The molecule has 0 unspecified atom stereocenters. The van der Waals surface area contributed by atoms with Crippen molar-refractivity contribution in [2.45, 2.75) is 51.5 Å². The highest BCUT2D eigenvalue weighted by molar-refractivity contribution is 5.97. The maximum absolute atomic E-state index is 12.5. The molecule has 1 N–H and O–H groups in total. The normalized spacial score (nSPS) is 15.3. The zero-order valence-corrected chi connectivity index (χ0v) is 12.1. The van der Waals surface area contributed by atoms with Gasteiger partial charge in [-0.25, -0.2) is 4.79 Å². The Hall–Kier alpha value is -1.85. The lowest BCUT2D eigenvalue weighted by Crippen LogP contribution is -2.51. The fourth-order valence-corrected chi connectivity index (χ4v) is 2.29. The van der Waals surface area contributed by atoms with Crippen molar-refractivity contribution < 1.29 is 19.2 Å². The third kappa shape index (κ3) is 2.42. The first-order valence-electron chi connectivity index (χ1n) is 6.84. The summed E-state index contributed by atoms with van der Waals surface area (Å²) >= 11 is 0. The number of aryl methyl sites for hydroxylation is 1. The van der Waals surface area contributed by atoms with E-state index < -0.39 is 17.4 Å². The lowest BCUT2D eigenvalue weighted by Gasteiger charge is -2.31. The largest absolute Gasteiger partial charge is 0.480 e. The van der Waals surface area contributed by atoms with Gasteiger partial charge in [-0.1, -0.05) is 11.6 Å². The van der Waals surface area contributed by atoms with Crippen molar-refractivity contribution in [2.24, 2.45) is 0 Å². The molecule has 0 atom stereocenters. The molecular weight excluding hydrogens is 260 g/mol. The molecular formula is C14H20N2O4. The Morgan fingerprint density at radius 3 is 2.55 bits per heavy atom. The van der Waals surface area contributed by atoms with Crippen molar-refractivity contribution in [1.82, 2.24) is 10.1 Å². The standard InChI is InChI=1S/C14H20N2O4/c1-14(2,13(18)19)16(3)12(17)11-9-7-5-4-6-8-10(9)20-15-11/h4-8H2,1-3H3,(H,18,19). The Morgan fingerprint density at radius 1 is 1.25 bits per heavy atom. The molecule has 0 saturated carbocycles. The number of carboxylic acid groups (broad SMARTS) is 1. The van der Waals surface area contributed by atoms with Crippen LogP contribution in [-0.4, -0.2) is 39.6 Å². The van der Waals surface area contributed by atoms with Gasteiger partial charge in [0.05, 0.1) is 0 Å². The van der Waals surface area contributed by atoms with Crippen molar-refractivity contribution in [3.63, 3.8) is 0 Å². The number of hydrogen-bond acceptors (Lipinski definition) is 4. The molecule has 0 saturated heterocycles. The first-order chi connectivity index (χ1) is 9.35. The van der Waals surface area contributed by atoms with Gasteiger partial charge in [-0.15, -0.1) is 0 Å². The van der Waals surface area contributed by atoms with Crippen LogP contribution in [0.4, 0.5) is 0 Å². The van der Waals surface area contributed by atoms with E-state index in [2.05, 4.69) is 5.16 Å². The number of carboxylic acids is 1. The number of nitrogens with zero attached hydrogens (tertiary/aromatic N) is 2. The molecule has 0 fully saturated rings. The Balaban J connectivity index is 2.30. The van der Waals surface area contributed by atoms with Gasteiger partial charge in [0.25, 0.3) is 5.91 Å². The highest BCUT2D eigenvalue weighted by Gasteiger charge is 2.38. The molecule has 0 bridgehead atoms. The Bertz CT molecular complexity index is 533.